The Balaban J connectivity index is 2.06. The van der Waals surface area contributed by atoms with E-state index >= 15 is 0 Å². The Hall–Kier alpha value is -1.91. The summed E-state index contributed by atoms with van der Waals surface area (Å²) in [5, 5.41) is 4.80. The monoisotopic (exact) mass is 303 g/mol. The molecule has 0 aliphatic rings. The number of fused-ring (bicyclic) bond motifs is 1. The smallest absolute Gasteiger partial charge is 0.140 e. The van der Waals surface area contributed by atoms with Gasteiger partial charge in [0.2, 0.25) is 0 Å². The number of benzene rings is 1. The summed E-state index contributed by atoms with van der Waals surface area (Å²) in [6.07, 6.45) is 3.80. The van der Waals surface area contributed by atoms with Crippen LogP contribution in [0.3, 0.4) is 0 Å². The van der Waals surface area contributed by atoms with Crippen molar-refractivity contribution in [3.05, 3.63) is 64.7 Å². The maximum absolute atomic E-state index is 13.4. The zero-order chi connectivity index (χ0) is 14.8. The van der Waals surface area contributed by atoms with E-state index in [0.29, 0.717) is 11.6 Å². The van der Waals surface area contributed by atoms with Crippen molar-refractivity contribution < 1.29 is 4.39 Å². The molecule has 108 valence electrons. The average molecular weight is 304 g/mol. The maximum Gasteiger partial charge on any atom is 0.140 e. The van der Waals surface area contributed by atoms with Crippen molar-refractivity contribution in [3.63, 3.8) is 0 Å². The highest BCUT2D eigenvalue weighted by atomic mass is 35.5. The van der Waals surface area contributed by atoms with Crippen molar-refractivity contribution >= 4 is 22.6 Å². The quantitative estimate of drug-likeness (QED) is 0.798. The minimum Gasteiger partial charge on any atom is -0.328 e. The summed E-state index contributed by atoms with van der Waals surface area (Å²) in [5.74, 6) is -0.283. The molecule has 0 amide bonds. The first-order valence-electron chi connectivity index (χ1n) is 6.70. The Morgan fingerprint density at radius 1 is 1.29 bits per heavy atom. The molecule has 0 radical (unpaired) electrons. The molecule has 0 bridgehead atoms. The summed E-state index contributed by atoms with van der Waals surface area (Å²) < 4.78 is 15.4. The summed E-state index contributed by atoms with van der Waals surface area (Å²) in [5.41, 5.74) is 2.78. The number of nitrogens with zero attached hydrogens (tertiary/aromatic N) is 2. The molecule has 3 aromatic rings. The largest absolute Gasteiger partial charge is 0.328 e. The molecule has 0 aliphatic carbocycles. The van der Waals surface area contributed by atoms with E-state index in [9.17, 15) is 4.39 Å². The van der Waals surface area contributed by atoms with Gasteiger partial charge in [0.1, 0.15) is 11.5 Å². The molecule has 0 aliphatic heterocycles. The van der Waals surface area contributed by atoms with Gasteiger partial charge in [0.25, 0.3) is 0 Å². The van der Waals surface area contributed by atoms with E-state index in [4.69, 9.17) is 11.6 Å². The van der Waals surface area contributed by atoms with Crippen LogP contribution in [0.2, 0.25) is 5.02 Å². The third-order valence-electron chi connectivity index (χ3n) is 3.43. The molecule has 0 fully saturated rings. The van der Waals surface area contributed by atoms with E-state index in [1.807, 2.05) is 29.9 Å². The van der Waals surface area contributed by atoms with Crippen molar-refractivity contribution in [2.75, 3.05) is 7.05 Å². The van der Waals surface area contributed by atoms with Crippen LogP contribution in [-0.4, -0.2) is 16.6 Å². The van der Waals surface area contributed by atoms with Gasteiger partial charge in [0.05, 0.1) is 6.54 Å². The third-order valence-corrected chi connectivity index (χ3v) is 3.80. The molecule has 21 heavy (non-hydrogen) atoms. The maximum atomic E-state index is 13.4. The molecule has 0 atom stereocenters. The highest BCUT2D eigenvalue weighted by Gasteiger charge is 2.11. The van der Waals surface area contributed by atoms with E-state index in [-0.39, 0.29) is 5.82 Å². The lowest BCUT2D eigenvalue weighted by molar-refractivity contribution is 0.624. The van der Waals surface area contributed by atoms with Gasteiger partial charge in [-0.25, -0.2) is 9.37 Å². The molecule has 0 saturated heterocycles. The Labute approximate surface area is 127 Å². The second-order valence-electron chi connectivity index (χ2n) is 4.92. The second kappa shape index (κ2) is 5.84. The molecule has 0 spiro atoms. The van der Waals surface area contributed by atoms with Gasteiger partial charge in [-0.05, 0) is 48.5 Å². The van der Waals surface area contributed by atoms with Gasteiger partial charge in [-0.3, -0.25) is 0 Å². The van der Waals surface area contributed by atoms with Gasteiger partial charge in [-0.1, -0.05) is 11.6 Å². The normalized spacial score (nSPS) is 11.2. The molecular formula is C16H15ClFN3. The average Bonchev–Trinajstić information content (AvgIpc) is 2.82. The highest BCUT2D eigenvalue weighted by molar-refractivity contribution is 6.31. The van der Waals surface area contributed by atoms with Crippen molar-refractivity contribution in [2.45, 2.75) is 13.1 Å². The minimum atomic E-state index is -0.283. The van der Waals surface area contributed by atoms with Crippen molar-refractivity contribution in [1.29, 1.82) is 0 Å². The van der Waals surface area contributed by atoms with Gasteiger partial charge in [0.15, 0.2) is 0 Å². The minimum absolute atomic E-state index is 0.283. The Morgan fingerprint density at radius 2 is 2.14 bits per heavy atom. The lowest BCUT2D eigenvalue weighted by Crippen LogP contribution is -2.04. The van der Waals surface area contributed by atoms with Crippen LogP contribution in [0.25, 0.3) is 11.0 Å². The van der Waals surface area contributed by atoms with Crippen LogP contribution >= 0.6 is 11.6 Å². The standard InChI is InChI=1S/C16H15ClFN3/c1-19-8-12-10-21(16-14(12)3-2-6-20-16)9-11-7-13(18)4-5-15(11)17/h2-7,10,19H,8-9H2,1H3. The first-order valence-corrected chi connectivity index (χ1v) is 7.08. The molecule has 0 unspecified atom stereocenters. The van der Waals surface area contributed by atoms with Crippen LogP contribution in [0, 0.1) is 5.82 Å². The molecule has 1 N–H and O–H groups in total. The first kappa shape index (κ1) is 14.0. The molecule has 3 nitrogen and oxygen atoms in total. The van der Waals surface area contributed by atoms with Gasteiger partial charge in [0, 0.05) is 29.3 Å². The summed E-state index contributed by atoms with van der Waals surface area (Å²) in [7, 11) is 1.91. The Kier molecular flexibility index (Phi) is 3.90. The number of aromatic nitrogens is 2. The van der Waals surface area contributed by atoms with Crippen LogP contribution in [0.5, 0.6) is 0 Å². The Bertz CT molecular complexity index is 782. The van der Waals surface area contributed by atoms with E-state index in [1.54, 1.807) is 12.3 Å². The zero-order valence-electron chi connectivity index (χ0n) is 11.6. The van der Waals surface area contributed by atoms with Crippen LogP contribution in [0.15, 0.2) is 42.7 Å². The van der Waals surface area contributed by atoms with Crippen LogP contribution < -0.4 is 5.32 Å². The highest BCUT2D eigenvalue weighted by Crippen LogP contribution is 2.23. The van der Waals surface area contributed by atoms with E-state index in [2.05, 4.69) is 10.3 Å². The zero-order valence-corrected chi connectivity index (χ0v) is 12.4. The second-order valence-corrected chi connectivity index (χ2v) is 5.33. The van der Waals surface area contributed by atoms with E-state index in [0.717, 1.165) is 28.7 Å². The predicted molar refractivity (Wildman–Crippen MR) is 83.0 cm³/mol. The van der Waals surface area contributed by atoms with Gasteiger partial charge in [-0.15, -0.1) is 0 Å². The van der Waals surface area contributed by atoms with Crippen molar-refractivity contribution in [3.8, 4) is 0 Å². The van der Waals surface area contributed by atoms with Crippen LogP contribution in [-0.2, 0) is 13.1 Å². The predicted octanol–water partition coefficient (Wildman–Crippen LogP) is 3.60. The van der Waals surface area contributed by atoms with Crippen LogP contribution in [0.4, 0.5) is 4.39 Å². The van der Waals surface area contributed by atoms with Crippen molar-refractivity contribution in [2.24, 2.45) is 0 Å². The number of rotatable bonds is 4. The van der Waals surface area contributed by atoms with E-state index in [1.165, 1.54) is 12.1 Å². The molecular weight excluding hydrogens is 289 g/mol. The van der Waals surface area contributed by atoms with Crippen LogP contribution in [0.1, 0.15) is 11.1 Å². The summed E-state index contributed by atoms with van der Waals surface area (Å²) >= 11 is 6.15. The summed E-state index contributed by atoms with van der Waals surface area (Å²) in [4.78, 5) is 4.43. The summed E-state index contributed by atoms with van der Waals surface area (Å²) in [6.45, 7) is 1.25. The molecule has 3 rings (SSSR count). The molecule has 5 heteroatoms. The van der Waals surface area contributed by atoms with Gasteiger partial charge in [-0.2, -0.15) is 0 Å². The third kappa shape index (κ3) is 2.77. The van der Waals surface area contributed by atoms with Gasteiger partial charge >= 0.3 is 0 Å². The van der Waals surface area contributed by atoms with Gasteiger partial charge < -0.3 is 9.88 Å². The fourth-order valence-corrected chi connectivity index (χ4v) is 2.67. The fourth-order valence-electron chi connectivity index (χ4n) is 2.50. The molecule has 2 heterocycles. The molecule has 1 aromatic carbocycles. The first-order chi connectivity index (χ1) is 10.2. The molecule has 0 saturated carbocycles. The van der Waals surface area contributed by atoms with Crippen molar-refractivity contribution in [1.82, 2.24) is 14.9 Å². The number of hydrogen-bond acceptors (Lipinski definition) is 2. The lowest BCUT2D eigenvalue weighted by Gasteiger charge is -2.07. The number of hydrogen-bond donors (Lipinski definition) is 1. The number of halogens is 2. The fraction of sp³-hybridized carbons (Fsp3) is 0.188. The van der Waals surface area contributed by atoms with E-state index < -0.39 is 0 Å². The lowest BCUT2D eigenvalue weighted by atomic mass is 10.2. The summed E-state index contributed by atoms with van der Waals surface area (Å²) in [6, 6.07) is 8.37. The topological polar surface area (TPSA) is 29.9 Å². The SMILES string of the molecule is CNCc1cn(Cc2cc(F)ccc2Cl)c2ncccc12. The number of nitrogens with one attached hydrogen (secondary N) is 1. The molecule has 2 aromatic heterocycles. The number of pyridine rings is 1. The Morgan fingerprint density at radius 3 is 2.95 bits per heavy atom.